The van der Waals surface area contributed by atoms with Gasteiger partial charge in [0.25, 0.3) is 0 Å². The number of rotatable bonds is 1. The summed E-state index contributed by atoms with van der Waals surface area (Å²) in [5, 5.41) is 0. The standard InChI is InChI=1S/C10H12N2O/c11-9-5-2-1-4-8(9)10-12-6-3-7-13-10/h1-2,4-5H,3,6-7,11H2. The van der Waals surface area contributed by atoms with Gasteiger partial charge >= 0.3 is 0 Å². The van der Waals surface area contributed by atoms with Crippen molar-refractivity contribution < 1.29 is 4.74 Å². The number of nitrogens with two attached hydrogens (primary N) is 1. The summed E-state index contributed by atoms with van der Waals surface area (Å²) >= 11 is 0. The Hall–Kier alpha value is -1.51. The Labute approximate surface area is 77.2 Å². The van der Waals surface area contributed by atoms with E-state index in [0.29, 0.717) is 5.90 Å². The quantitative estimate of drug-likeness (QED) is 0.658. The first kappa shape index (κ1) is 8.10. The Kier molecular flexibility index (Phi) is 2.17. The van der Waals surface area contributed by atoms with Gasteiger partial charge in [0.15, 0.2) is 0 Å². The fourth-order valence-electron chi connectivity index (χ4n) is 1.31. The average molecular weight is 176 g/mol. The van der Waals surface area contributed by atoms with E-state index in [1.54, 1.807) is 0 Å². The summed E-state index contributed by atoms with van der Waals surface area (Å²) in [6.45, 7) is 1.58. The Balaban J connectivity index is 2.34. The van der Waals surface area contributed by atoms with Crippen molar-refractivity contribution in [2.24, 2.45) is 4.99 Å². The summed E-state index contributed by atoms with van der Waals surface area (Å²) in [6, 6.07) is 7.63. The minimum atomic E-state index is 0.685. The SMILES string of the molecule is Nc1ccccc1C1=NCCCO1. The van der Waals surface area contributed by atoms with Crippen molar-refractivity contribution in [2.75, 3.05) is 18.9 Å². The van der Waals surface area contributed by atoms with Gasteiger partial charge in [0.2, 0.25) is 5.90 Å². The molecule has 2 rings (SSSR count). The van der Waals surface area contributed by atoms with Gasteiger partial charge in [-0.25, -0.2) is 0 Å². The smallest absolute Gasteiger partial charge is 0.218 e. The summed E-state index contributed by atoms with van der Waals surface area (Å²) in [4.78, 5) is 4.27. The number of nitrogen functional groups attached to an aromatic ring is 1. The van der Waals surface area contributed by atoms with Crippen LogP contribution in [0.25, 0.3) is 0 Å². The molecule has 0 radical (unpaired) electrons. The van der Waals surface area contributed by atoms with Gasteiger partial charge in [-0.1, -0.05) is 12.1 Å². The van der Waals surface area contributed by atoms with Crippen LogP contribution in [0.4, 0.5) is 5.69 Å². The first-order valence-corrected chi connectivity index (χ1v) is 4.40. The summed E-state index contributed by atoms with van der Waals surface area (Å²) in [5.74, 6) is 0.685. The molecule has 0 saturated carbocycles. The van der Waals surface area contributed by atoms with E-state index < -0.39 is 0 Å². The Morgan fingerprint density at radius 3 is 2.85 bits per heavy atom. The highest BCUT2D eigenvalue weighted by Gasteiger charge is 2.10. The Morgan fingerprint density at radius 1 is 1.31 bits per heavy atom. The third kappa shape index (κ3) is 1.64. The highest BCUT2D eigenvalue weighted by Crippen LogP contribution is 2.14. The number of benzene rings is 1. The van der Waals surface area contributed by atoms with Crippen molar-refractivity contribution in [3.05, 3.63) is 29.8 Å². The summed E-state index contributed by atoms with van der Waals surface area (Å²) in [6.07, 6.45) is 0.996. The van der Waals surface area contributed by atoms with Gasteiger partial charge in [0.05, 0.1) is 12.2 Å². The summed E-state index contributed by atoms with van der Waals surface area (Å²) in [5.41, 5.74) is 7.42. The highest BCUT2D eigenvalue weighted by molar-refractivity contribution is 5.99. The van der Waals surface area contributed by atoms with Crippen LogP contribution < -0.4 is 5.73 Å². The molecule has 1 aromatic rings. The lowest BCUT2D eigenvalue weighted by molar-refractivity contribution is 0.284. The van der Waals surface area contributed by atoms with Gasteiger partial charge in [-0.05, 0) is 12.1 Å². The molecule has 0 amide bonds. The van der Waals surface area contributed by atoms with Crippen molar-refractivity contribution in [2.45, 2.75) is 6.42 Å². The van der Waals surface area contributed by atoms with E-state index in [0.717, 1.165) is 30.8 Å². The highest BCUT2D eigenvalue weighted by atomic mass is 16.5. The lowest BCUT2D eigenvalue weighted by atomic mass is 10.2. The molecule has 68 valence electrons. The van der Waals surface area contributed by atoms with Crippen molar-refractivity contribution in [1.82, 2.24) is 0 Å². The van der Waals surface area contributed by atoms with E-state index in [1.165, 1.54) is 0 Å². The molecular formula is C10H12N2O. The molecule has 1 aliphatic heterocycles. The number of nitrogens with zero attached hydrogens (tertiary/aromatic N) is 1. The molecule has 0 atom stereocenters. The zero-order chi connectivity index (χ0) is 9.10. The zero-order valence-electron chi connectivity index (χ0n) is 7.36. The van der Waals surface area contributed by atoms with Crippen LogP contribution in [-0.4, -0.2) is 19.0 Å². The average Bonchev–Trinajstić information content (AvgIpc) is 2.20. The Bertz CT molecular complexity index is 333. The lowest BCUT2D eigenvalue weighted by Crippen LogP contribution is -2.16. The minimum Gasteiger partial charge on any atom is -0.477 e. The maximum Gasteiger partial charge on any atom is 0.218 e. The van der Waals surface area contributed by atoms with Crippen LogP contribution in [0.5, 0.6) is 0 Å². The number of hydrogen-bond donors (Lipinski definition) is 1. The van der Waals surface area contributed by atoms with Crippen LogP contribution >= 0.6 is 0 Å². The van der Waals surface area contributed by atoms with E-state index in [4.69, 9.17) is 10.5 Å². The fourth-order valence-corrected chi connectivity index (χ4v) is 1.31. The molecule has 2 N–H and O–H groups in total. The zero-order valence-corrected chi connectivity index (χ0v) is 7.36. The molecule has 0 aliphatic carbocycles. The van der Waals surface area contributed by atoms with E-state index >= 15 is 0 Å². The van der Waals surface area contributed by atoms with E-state index in [9.17, 15) is 0 Å². The van der Waals surface area contributed by atoms with Crippen LogP contribution in [0.2, 0.25) is 0 Å². The van der Waals surface area contributed by atoms with Crippen LogP contribution in [0.1, 0.15) is 12.0 Å². The van der Waals surface area contributed by atoms with Crippen LogP contribution in [0.15, 0.2) is 29.3 Å². The summed E-state index contributed by atoms with van der Waals surface area (Å²) in [7, 11) is 0. The van der Waals surface area contributed by atoms with Gasteiger partial charge < -0.3 is 10.5 Å². The molecule has 1 heterocycles. The predicted molar refractivity (Wildman–Crippen MR) is 52.8 cm³/mol. The molecule has 0 fully saturated rings. The minimum absolute atomic E-state index is 0.685. The number of hydrogen-bond acceptors (Lipinski definition) is 3. The molecule has 0 bridgehead atoms. The second-order valence-corrected chi connectivity index (χ2v) is 2.98. The predicted octanol–water partition coefficient (Wildman–Crippen LogP) is 1.44. The van der Waals surface area contributed by atoms with Crippen molar-refractivity contribution in [3.63, 3.8) is 0 Å². The van der Waals surface area contributed by atoms with E-state index in [-0.39, 0.29) is 0 Å². The third-order valence-corrected chi connectivity index (χ3v) is 1.99. The lowest BCUT2D eigenvalue weighted by Gasteiger charge is -2.14. The van der Waals surface area contributed by atoms with Gasteiger partial charge in [-0.15, -0.1) is 0 Å². The molecular weight excluding hydrogens is 164 g/mol. The largest absolute Gasteiger partial charge is 0.477 e. The molecule has 3 heteroatoms. The molecule has 1 aliphatic rings. The molecule has 3 nitrogen and oxygen atoms in total. The van der Waals surface area contributed by atoms with E-state index in [2.05, 4.69) is 4.99 Å². The van der Waals surface area contributed by atoms with Crippen molar-refractivity contribution >= 4 is 11.6 Å². The third-order valence-electron chi connectivity index (χ3n) is 1.99. The maximum atomic E-state index is 5.79. The molecule has 0 spiro atoms. The summed E-state index contributed by atoms with van der Waals surface area (Å²) < 4.78 is 5.41. The molecule has 0 aromatic heterocycles. The topological polar surface area (TPSA) is 47.6 Å². The molecule has 1 aromatic carbocycles. The first-order chi connectivity index (χ1) is 6.38. The van der Waals surface area contributed by atoms with Crippen LogP contribution in [0, 0.1) is 0 Å². The Morgan fingerprint density at radius 2 is 2.15 bits per heavy atom. The van der Waals surface area contributed by atoms with Crippen molar-refractivity contribution in [3.8, 4) is 0 Å². The molecule has 0 saturated heterocycles. The van der Waals surface area contributed by atoms with Gasteiger partial charge in [0, 0.05) is 18.7 Å². The van der Waals surface area contributed by atoms with E-state index in [1.807, 2.05) is 24.3 Å². The molecule has 13 heavy (non-hydrogen) atoms. The number of para-hydroxylation sites is 1. The number of ether oxygens (including phenoxy) is 1. The normalized spacial score (nSPS) is 16.2. The van der Waals surface area contributed by atoms with Crippen LogP contribution in [-0.2, 0) is 4.74 Å². The van der Waals surface area contributed by atoms with Gasteiger partial charge in [-0.2, -0.15) is 0 Å². The van der Waals surface area contributed by atoms with Gasteiger partial charge in [0.1, 0.15) is 0 Å². The van der Waals surface area contributed by atoms with Crippen molar-refractivity contribution in [1.29, 1.82) is 0 Å². The second kappa shape index (κ2) is 3.47. The fraction of sp³-hybridized carbons (Fsp3) is 0.300. The maximum absolute atomic E-state index is 5.79. The number of aliphatic imine (C=N–C) groups is 1. The number of anilines is 1. The van der Waals surface area contributed by atoms with Crippen LogP contribution in [0.3, 0.4) is 0 Å². The first-order valence-electron chi connectivity index (χ1n) is 4.40. The molecule has 0 unspecified atom stereocenters. The monoisotopic (exact) mass is 176 g/mol. The van der Waals surface area contributed by atoms with Gasteiger partial charge in [-0.3, -0.25) is 4.99 Å². The second-order valence-electron chi connectivity index (χ2n) is 2.98.